The van der Waals surface area contributed by atoms with Crippen LogP contribution in [0.4, 0.5) is 4.79 Å². The maximum Gasteiger partial charge on any atom is 0.414 e. The van der Waals surface area contributed by atoms with E-state index in [0.717, 1.165) is 33.6 Å². The van der Waals surface area contributed by atoms with Gasteiger partial charge in [-0.2, -0.15) is 0 Å². The van der Waals surface area contributed by atoms with Crippen molar-refractivity contribution in [1.82, 2.24) is 16.0 Å². The molecule has 0 aliphatic heterocycles. The van der Waals surface area contributed by atoms with E-state index in [1.807, 2.05) is 73.7 Å². The Kier molecular flexibility index (Phi) is 12.2. The van der Waals surface area contributed by atoms with Gasteiger partial charge in [0.25, 0.3) is 0 Å². The van der Waals surface area contributed by atoms with Crippen LogP contribution in [0.15, 0.2) is 90.3 Å². The van der Waals surface area contributed by atoms with Crippen molar-refractivity contribution in [3.05, 3.63) is 118 Å². The minimum Gasteiger partial charge on any atom is -0.494 e. The number of nitrogens with one attached hydrogen (secondary N) is 3. The van der Waals surface area contributed by atoms with Crippen molar-refractivity contribution in [2.45, 2.75) is 44.9 Å². The quantitative estimate of drug-likeness (QED) is 0.154. The van der Waals surface area contributed by atoms with Crippen LogP contribution in [0.25, 0.3) is 0 Å². The zero-order valence-electron chi connectivity index (χ0n) is 24.3. The van der Waals surface area contributed by atoms with Gasteiger partial charge >= 0.3 is 6.09 Å². The first-order chi connectivity index (χ1) is 21.3. The Morgan fingerprint density at radius 1 is 0.795 bits per heavy atom. The van der Waals surface area contributed by atoms with E-state index >= 15 is 0 Å². The molecular formula is C33H35ClN4O5S. The van der Waals surface area contributed by atoms with Gasteiger partial charge in [0.1, 0.15) is 17.8 Å². The molecule has 0 saturated heterocycles. The maximum atomic E-state index is 13.8. The predicted octanol–water partition coefficient (Wildman–Crippen LogP) is 5.00. The second-order valence-electron chi connectivity index (χ2n) is 9.91. The first kappa shape index (κ1) is 32.5. The van der Waals surface area contributed by atoms with Crippen molar-refractivity contribution in [3.63, 3.8) is 0 Å². The lowest BCUT2D eigenvalue weighted by atomic mass is 10.0. The van der Waals surface area contributed by atoms with Crippen LogP contribution in [0, 0.1) is 0 Å². The zero-order chi connectivity index (χ0) is 31.3. The van der Waals surface area contributed by atoms with Gasteiger partial charge in [0.05, 0.1) is 11.6 Å². The molecule has 0 radical (unpaired) electrons. The molecule has 0 aliphatic rings. The summed E-state index contributed by atoms with van der Waals surface area (Å²) in [6, 6.07) is 23.9. The topological polar surface area (TPSA) is 132 Å². The molecule has 0 unspecified atom stereocenters. The largest absolute Gasteiger partial charge is 0.494 e. The molecule has 3 aromatic carbocycles. The molecule has 3 amide bonds. The monoisotopic (exact) mass is 634 g/mol. The lowest BCUT2D eigenvalue weighted by Crippen LogP contribution is -2.55. The molecule has 0 bridgehead atoms. The van der Waals surface area contributed by atoms with Crippen molar-refractivity contribution in [1.29, 1.82) is 0 Å². The third-order valence-corrected chi connectivity index (χ3v) is 7.89. The number of hydrogen-bond acceptors (Lipinski definition) is 7. The fourth-order valence-electron chi connectivity index (χ4n) is 4.38. The van der Waals surface area contributed by atoms with E-state index < -0.39 is 24.1 Å². The number of carbonyl (C=O) groups is 3. The zero-order valence-corrected chi connectivity index (χ0v) is 25.8. The number of halogens is 1. The van der Waals surface area contributed by atoms with Crippen LogP contribution < -0.4 is 31.2 Å². The summed E-state index contributed by atoms with van der Waals surface area (Å²) in [4.78, 5) is 40.0. The standard InChI is InChI=1S/C33H35ClN4O5S/c1-2-42-26-14-12-23(13-15-26)19-29(38-33(41)43-32-27(34)16-17-44-32)31(40)37-28(18-22-6-4-3-5-7-22)30(39)36-21-25-10-8-24(20-35)9-11-25/h3-17,28-29H,2,18-21,35H2,1H3,(H,36,39)(H,37,40)(H,38,41)/t28-,29+/m0/s1. The van der Waals surface area contributed by atoms with E-state index in [1.54, 1.807) is 23.6 Å². The number of ether oxygens (including phenoxy) is 2. The Balaban J connectivity index is 1.51. The first-order valence-electron chi connectivity index (χ1n) is 14.2. The summed E-state index contributed by atoms with van der Waals surface area (Å²) in [6.07, 6.45) is -0.459. The third-order valence-electron chi connectivity index (χ3n) is 6.69. The normalized spacial score (nSPS) is 12.1. The van der Waals surface area contributed by atoms with Gasteiger partial charge in [0, 0.05) is 25.9 Å². The van der Waals surface area contributed by atoms with Crippen molar-refractivity contribution in [3.8, 4) is 10.8 Å². The molecule has 0 fully saturated rings. The molecular weight excluding hydrogens is 600 g/mol. The molecule has 0 aliphatic carbocycles. The van der Waals surface area contributed by atoms with Gasteiger partial charge in [-0.25, -0.2) is 4.79 Å². The van der Waals surface area contributed by atoms with Gasteiger partial charge in [0.2, 0.25) is 16.9 Å². The average molecular weight is 635 g/mol. The third kappa shape index (κ3) is 9.84. The summed E-state index contributed by atoms with van der Waals surface area (Å²) in [5, 5.41) is 10.6. The van der Waals surface area contributed by atoms with Crippen molar-refractivity contribution < 1.29 is 23.9 Å². The Morgan fingerprint density at radius 2 is 1.41 bits per heavy atom. The van der Waals surface area contributed by atoms with Gasteiger partial charge in [0.15, 0.2) is 0 Å². The van der Waals surface area contributed by atoms with Crippen LogP contribution in [0.3, 0.4) is 0 Å². The highest BCUT2D eigenvalue weighted by atomic mass is 35.5. The van der Waals surface area contributed by atoms with E-state index in [-0.39, 0.29) is 35.4 Å². The van der Waals surface area contributed by atoms with Gasteiger partial charge < -0.3 is 31.2 Å². The summed E-state index contributed by atoms with van der Waals surface area (Å²) in [5.74, 6) is -0.219. The van der Waals surface area contributed by atoms with Gasteiger partial charge in [-0.3, -0.25) is 9.59 Å². The molecule has 1 aromatic heterocycles. The lowest BCUT2D eigenvalue weighted by molar-refractivity contribution is -0.130. The van der Waals surface area contributed by atoms with E-state index in [1.165, 1.54) is 0 Å². The van der Waals surface area contributed by atoms with E-state index in [2.05, 4.69) is 16.0 Å². The Hall–Kier alpha value is -4.38. The smallest absolute Gasteiger partial charge is 0.414 e. The fraction of sp³-hybridized carbons (Fsp3) is 0.242. The summed E-state index contributed by atoms with van der Waals surface area (Å²) >= 11 is 7.24. The molecule has 230 valence electrons. The van der Waals surface area contributed by atoms with Gasteiger partial charge in [-0.15, -0.1) is 11.3 Å². The first-order valence-corrected chi connectivity index (χ1v) is 15.4. The number of rotatable bonds is 14. The molecule has 5 N–H and O–H groups in total. The van der Waals surface area contributed by atoms with Crippen molar-refractivity contribution in [2.75, 3.05) is 6.61 Å². The second kappa shape index (κ2) is 16.5. The van der Waals surface area contributed by atoms with E-state index in [4.69, 9.17) is 26.8 Å². The van der Waals surface area contributed by atoms with Gasteiger partial charge in [-0.05, 0) is 52.8 Å². The highest BCUT2D eigenvalue weighted by Crippen LogP contribution is 2.30. The minimum absolute atomic E-state index is 0.138. The number of amides is 3. The molecule has 1 heterocycles. The molecule has 0 spiro atoms. The number of hydrogen-bond donors (Lipinski definition) is 4. The Bertz CT molecular complexity index is 1510. The van der Waals surface area contributed by atoms with Crippen molar-refractivity contribution >= 4 is 40.8 Å². The Labute approximate surface area is 265 Å². The molecule has 4 aromatic rings. The number of thiophene rings is 1. The van der Waals surface area contributed by atoms with Gasteiger partial charge in [-0.1, -0.05) is 78.3 Å². The van der Waals surface area contributed by atoms with Crippen LogP contribution in [-0.2, 0) is 35.5 Å². The molecule has 0 saturated carbocycles. The van der Waals surface area contributed by atoms with Crippen LogP contribution in [0.2, 0.25) is 5.02 Å². The Morgan fingerprint density at radius 3 is 2.02 bits per heavy atom. The number of carbonyl (C=O) groups excluding carboxylic acids is 3. The van der Waals surface area contributed by atoms with Crippen LogP contribution in [-0.4, -0.2) is 36.6 Å². The SMILES string of the molecule is CCOc1ccc(C[C@@H](NC(=O)Oc2sccc2Cl)C(=O)N[C@@H](Cc2ccccc2)C(=O)NCc2ccc(CN)cc2)cc1. The average Bonchev–Trinajstić information content (AvgIpc) is 3.44. The summed E-state index contributed by atoms with van der Waals surface area (Å²) in [6.45, 7) is 3.11. The van der Waals surface area contributed by atoms with E-state index in [0.29, 0.717) is 18.9 Å². The van der Waals surface area contributed by atoms with Crippen LogP contribution in [0.5, 0.6) is 10.8 Å². The van der Waals surface area contributed by atoms with E-state index in [9.17, 15) is 14.4 Å². The summed E-state index contributed by atoms with van der Waals surface area (Å²) in [7, 11) is 0. The predicted molar refractivity (Wildman–Crippen MR) is 172 cm³/mol. The summed E-state index contributed by atoms with van der Waals surface area (Å²) < 4.78 is 10.9. The maximum absolute atomic E-state index is 13.8. The molecule has 9 nitrogen and oxygen atoms in total. The molecule has 2 atom stereocenters. The number of nitrogens with two attached hydrogens (primary N) is 1. The van der Waals surface area contributed by atoms with Crippen LogP contribution >= 0.6 is 22.9 Å². The second-order valence-corrected chi connectivity index (χ2v) is 11.2. The minimum atomic E-state index is -1.06. The van der Waals surface area contributed by atoms with Crippen LogP contribution in [0.1, 0.15) is 29.2 Å². The fourth-order valence-corrected chi connectivity index (χ4v) is 5.32. The highest BCUT2D eigenvalue weighted by molar-refractivity contribution is 7.12. The molecule has 44 heavy (non-hydrogen) atoms. The lowest BCUT2D eigenvalue weighted by Gasteiger charge is -2.23. The molecule has 11 heteroatoms. The number of benzene rings is 3. The highest BCUT2D eigenvalue weighted by Gasteiger charge is 2.28. The van der Waals surface area contributed by atoms with Crippen molar-refractivity contribution in [2.24, 2.45) is 5.73 Å². The molecule has 4 rings (SSSR count). The summed E-state index contributed by atoms with van der Waals surface area (Å²) in [5.41, 5.74) is 9.20.